The quantitative estimate of drug-likeness (QED) is 0.649. The van der Waals surface area contributed by atoms with Crippen molar-refractivity contribution in [3.05, 3.63) is 28.2 Å². The van der Waals surface area contributed by atoms with Crippen LogP contribution in [0.3, 0.4) is 0 Å². The molecule has 2 nitrogen and oxygen atoms in total. The number of hydrogen-bond acceptors (Lipinski definition) is 2. The Bertz CT molecular complexity index is 369. The van der Waals surface area contributed by atoms with Crippen molar-refractivity contribution in [3.8, 4) is 0 Å². The summed E-state index contributed by atoms with van der Waals surface area (Å²) in [6.45, 7) is 7.20. The van der Waals surface area contributed by atoms with Gasteiger partial charge in [-0.2, -0.15) is 0 Å². The zero-order valence-corrected chi connectivity index (χ0v) is 14.4. The van der Waals surface area contributed by atoms with Gasteiger partial charge in [0.05, 0.1) is 6.61 Å². The molecule has 0 aliphatic rings. The fraction of sp³-hybridized carbons (Fsp3) is 0.571. The highest BCUT2D eigenvalue weighted by Crippen LogP contribution is 2.26. The first kappa shape index (κ1) is 16.0. The van der Waals surface area contributed by atoms with Crippen LogP contribution in [0.25, 0.3) is 0 Å². The van der Waals surface area contributed by atoms with Crippen molar-refractivity contribution in [3.63, 3.8) is 0 Å². The maximum atomic E-state index is 5.19. The molecule has 0 aliphatic carbocycles. The molecule has 0 aromatic heterocycles. The summed E-state index contributed by atoms with van der Waals surface area (Å²) in [7, 11) is 1.75. The lowest BCUT2D eigenvalue weighted by Gasteiger charge is -2.27. The molecule has 1 aromatic rings. The number of anilines is 1. The number of nitrogens with zero attached hydrogens (tertiary/aromatic N) is 1. The van der Waals surface area contributed by atoms with Gasteiger partial charge >= 0.3 is 0 Å². The summed E-state index contributed by atoms with van der Waals surface area (Å²) in [6, 6.07) is 6.53. The molecule has 0 unspecified atom stereocenters. The summed E-state index contributed by atoms with van der Waals surface area (Å²) in [4.78, 5) is 2.37. The van der Waals surface area contributed by atoms with Gasteiger partial charge in [0.2, 0.25) is 0 Å². The Kier molecular flexibility index (Phi) is 7.27. The standard InChI is InChI=1S/C14H21Br2NO/c1-11(2)10-17(6-7-18-3)13-5-4-12(9-15)14(16)8-13/h4-5,8,11H,6-7,9-10H2,1-3H3. The van der Waals surface area contributed by atoms with E-state index in [0.29, 0.717) is 5.92 Å². The lowest BCUT2D eigenvalue weighted by atomic mass is 10.1. The minimum atomic E-state index is 0.636. The smallest absolute Gasteiger partial charge is 0.0637 e. The fourth-order valence-electron chi connectivity index (χ4n) is 1.81. The molecule has 102 valence electrons. The van der Waals surface area contributed by atoms with Crippen molar-refractivity contribution in [1.82, 2.24) is 0 Å². The third-order valence-electron chi connectivity index (χ3n) is 2.70. The highest BCUT2D eigenvalue weighted by Gasteiger charge is 2.10. The van der Waals surface area contributed by atoms with Gasteiger partial charge < -0.3 is 9.64 Å². The van der Waals surface area contributed by atoms with Crippen LogP contribution in [0, 0.1) is 5.92 Å². The molecule has 0 spiro atoms. The number of methoxy groups -OCH3 is 1. The van der Waals surface area contributed by atoms with E-state index in [-0.39, 0.29) is 0 Å². The molecule has 18 heavy (non-hydrogen) atoms. The molecule has 0 fully saturated rings. The first-order valence-electron chi connectivity index (χ1n) is 6.16. The minimum absolute atomic E-state index is 0.636. The molecule has 0 N–H and O–H groups in total. The minimum Gasteiger partial charge on any atom is -0.383 e. The first-order chi connectivity index (χ1) is 8.58. The average Bonchev–Trinajstić information content (AvgIpc) is 2.34. The summed E-state index contributed by atoms with van der Waals surface area (Å²) in [5, 5.41) is 0.871. The van der Waals surface area contributed by atoms with Crippen LogP contribution in [0.4, 0.5) is 5.69 Å². The molecule has 0 saturated heterocycles. The molecule has 0 bridgehead atoms. The molecule has 0 heterocycles. The van der Waals surface area contributed by atoms with Gasteiger partial charge in [0, 0.05) is 35.7 Å². The van der Waals surface area contributed by atoms with E-state index >= 15 is 0 Å². The van der Waals surface area contributed by atoms with Crippen LogP contribution < -0.4 is 4.90 Å². The Labute approximate surface area is 127 Å². The summed E-state index contributed by atoms with van der Waals surface area (Å²) in [6.07, 6.45) is 0. The zero-order valence-electron chi connectivity index (χ0n) is 11.2. The SMILES string of the molecule is COCCN(CC(C)C)c1ccc(CBr)c(Br)c1. The molecule has 1 rings (SSSR count). The molecular weight excluding hydrogens is 358 g/mol. The van der Waals surface area contributed by atoms with Gasteiger partial charge in [-0.25, -0.2) is 0 Å². The van der Waals surface area contributed by atoms with Crippen LogP contribution in [-0.2, 0) is 10.1 Å². The second kappa shape index (κ2) is 8.18. The average molecular weight is 379 g/mol. The van der Waals surface area contributed by atoms with Crippen molar-refractivity contribution in [1.29, 1.82) is 0 Å². The Hall–Kier alpha value is -0.0600. The van der Waals surface area contributed by atoms with Crippen molar-refractivity contribution in [2.45, 2.75) is 19.2 Å². The second-order valence-electron chi connectivity index (χ2n) is 4.74. The topological polar surface area (TPSA) is 12.5 Å². The largest absolute Gasteiger partial charge is 0.383 e. The van der Waals surface area contributed by atoms with Gasteiger partial charge in [0.25, 0.3) is 0 Å². The van der Waals surface area contributed by atoms with Crippen molar-refractivity contribution in [2.75, 3.05) is 31.7 Å². The van der Waals surface area contributed by atoms with Crippen LogP contribution in [-0.4, -0.2) is 26.8 Å². The number of halogens is 2. The summed E-state index contributed by atoms with van der Waals surface area (Å²) in [5.41, 5.74) is 2.52. The van der Waals surface area contributed by atoms with Crippen LogP contribution in [0.2, 0.25) is 0 Å². The van der Waals surface area contributed by atoms with Crippen molar-refractivity contribution in [2.24, 2.45) is 5.92 Å². The molecule has 0 aliphatic heterocycles. The van der Waals surface area contributed by atoms with Crippen molar-refractivity contribution < 1.29 is 4.74 Å². The number of benzene rings is 1. The summed E-state index contributed by atoms with van der Waals surface area (Å²) in [5.74, 6) is 0.636. The zero-order chi connectivity index (χ0) is 13.5. The molecule has 4 heteroatoms. The number of alkyl halides is 1. The van der Waals surface area contributed by atoms with E-state index in [2.05, 4.69) is 68.8 Å². The third-order valence-corrected chi connectivity index (χ3v) is 4.04. The lowest BCUT2D eigenvalue weighted by molar-refractivity contribution is 0.204. The van der Waals surface area contributed by atoms with E-state index in [0.717, 1.165) is 29.5 Å². The van der Waals surface area contributed by atoms with E-state index in [1.807, 2.05) is 0 Å². The van der Waals surface area contributed by atoms with E-state index in [4.69, 9.17) is 4.74 Å². The van der Waals surface area contributed by atoms with Crippen LogP contribution in [0.15, 0.2) is 22.7 Å². The number of ether oxygens (including phenoxy) is 1. The highest BCUT2D eigenvalue weighted by atomic mass is 79.9. The Morgan fingerprint density at radius 3 is 2.56 bits per heavy atom. The first-order valence-corrected chi connectivity index (χ1v) is 8.08. The maximum Gasteiger partial charge on any atom is 0.0637 e. The molecular formula is C14H21Br2NO. The van der Waals surface area contributed by atoms with E-state index in [1.165, 1.54) is 11.3 Å². The highest BCUT2D eigenvalue weighted by molar-refractivity contribution is 9.10. The van der Waals surface area contributed by atoms with E-state index in [9.17, 15) is 0 Å². The van der Waals surface area contributed by atoms with Crippen LogP contribution in [0.1, 0.15) is 19.4 Å². The monoisotopic (exact) mass is 377 g/mol. The Morgan fingerprint density at radius 1 is 1.33 bits per heavy atom. The Morgan fingerprint density at radius 2 is 2.06 bits per heavy atom. The van der Waals surface area contributed by atoms with Gasteiger partial charge in [-0.1, -0.05) is 51.8 Å². The normalized spacial score (nSPS) is 11.0. The van der Waals surface area contributed by atoms with Gasteiger partial charge in [0.1, 0.15) is 0 Å². The molecule has 0 radical (unpaired) electrons. The molecule has 0 atom stereocenters. The number of hydrogen-bond donors (Lipinski definition) is 0. The number of rotatable bonds is 7. The van der Waals surface area contributed by atoms with E-state index in [1.54, 1.807) is 7.11 Å². The fourth-order valence-corrected chi connectivity index (χ4v) is 3.18. The molecule has 1 aromatic carbocycles. The van der Waals surface area contributed by atoms with Crippen molar-refractivity contribution >= 4 is 37.5 Å². The van der Waals surface area contributed by atoms with Gasteiger partial charge in [-0.15, -0.1) is 0 Å². The maximum absolute atomic E-state index is 5.19. The van der Waals surface area contributed by atoms with Gasteiger partial charge in [0.15, 0.2) is 0 Å². The second-order valence-corrected chi connectivity index (χ2v) is 6.16. The predicted molar refractivity (Wildman–Crippen MR) is 85.7 cm³/mol. The van der Waals surface area contributed by atoms with Gasteiger partial charge in [-0.05, 0) is 23.6 Å². The molecule has 0 amide bonds. The predicted octanol–water partition coefficient (Wildman–Crippen LogP) is 4.45. The van der Waals surface area contributed by atoms with Crippen LogP contribution >= 0.6 is 31.9 Å². The van der Waals surface area contributed by atoms with Crippen LogP contribution in [0.5, 0.6) is 0 Å². The lowest BCUT2D eigenvalue weighted by Crippen LogP contribution is -2.30. The van der Waals surface area contributed by atoms with Gasteiger partial charge in [-0.3, -0.25) is 0 Å². The molecule has 0 saturated carbocycles. The van der Waals surface area contributed by atoms with E-state index < -0.39 is 0 Å². The Balaban J connectivity index is 2.86. The summed E-state index contributed by atoms with van der Waals surface area (Å²) >= 11 is 7.11. The third kappa shape index (κ3) is 4.90. The summed E-state index contributed by atoms with van der Waals surface area (Å²) < 4.78 is 6.35.